The van der Waals surface area contributed by atoms with Crippen LogP contribution in [0.5, 0.6) is 0 Å². The highest BCUT2D eigenvalue weighted by molar-refractivity contribution is 6.07. The molecule has 0 aliphatic rings. The summed E-state index contributed by atoms with van der Waals surface area (Å²) in [6.07, 6.45) is 11.0. The quantitative estimate of drug-likeness (QED) is 0.543. The van der Waals surface area contributed by atoms with Gasteiger partial charge in [0.15, 0.2) is 0 Å². The summed E-state index contributed by atoms with van der Waals surface area (Å²) in [4.78, 5) is 25.0. The van der Waals surface area contributed by atoms with Crippen LogP contribution in [0.15, 0.2) is 67.2 Å². The number of fused-ring (bicyclic) bond motifs is 1. The van der Waals surface area contributed by atoms with Crippen molar-refractivity contribution >= 4 is 34.3 Å². The van der Waals surface area contributed by atoms with Crippen LogP contribution in [0.25, 0.3) is 16.5 Å². The van der Waals surface area contributed by atoms with Crippen molar-refractivity contribution in [3.63, 3.8) is 0 Å². The number of benzene rings is 1. The van der Waals surface area contributed by atoms with E-state index in [0.29, 0.717) is 11.2 Å². The fourth-order valence-electron chi connectivity index (χ4n) is 2.49. The lowest BCUT2D eigenvalue weighted by Crippen LogP contribution is -2.14. The van der Waals surface area contributed by atoms with Gasteiger partial charge in [0.2, 0.25) is 0 Å². The molecule has 3 rings (SSSR count). The summed E-state index contributed by atoms with van der Waals surface area (Å²) in [5.41, 5.74) is 3.19. The lowest BCUT2D eigenvalue weighted by atomic mass is 10.1. The van der Waals surface area contributed by atoms with Gasteiger partial charge >= 0.3 is 0 Å². The van der Waals surface area contributed by atoms with Crippen molar-refractivity contribution in [3.05, 3.63) is 78.5 Å². The van der Waals surface area contributed by atoms with Crippen LogP contribution in [0.2, 0.25) is 0 Å². The fraction of sp³-hybridized carbons (Fsp3) is 0.0500. The van der Waals surface area contributed by atoms with Crippen LogP contribution in [-0.2, 0) is 0 Å². The fourth-order valence-corrected chi connectivity index (χ4v) is 2.49. The molecular weight excluding hydrogens is 326 g/mol. The van der Waals surface area contributed by atoms with E-state index in [1.54, 1.807) is 12.1 Å². The van der Waals surface area contributed by atoms with Crippen LogP contribution in [0.4, 0.5) is 5.69 Å². The zero-order valence-corrected chi connectivity index (χ0v) is 14.2. The zero-order chi connectivity index (χ0) is 18.4. The van der Waals surface area contributed by atoms with Crippen molar-refractivity contribution in [2.75, 3.05) is 5.32 Å². The first-order valence-electron chi connectivity index (χ1n) is 8.04. The molecule has 0 radical (unpaired) electrons. The van der Waals surface area contributed by atoms with Crippen LogP contribution in [0, 0.1) is 5.41 Å². The number of nitrogens with one attached hydrogen (secondary N) is 2. The van der Waals surface area contributed by atoms with Gasteiger partial charge in [-0.05, 0) is 30.7 Å². The van der Waals surface area contributed by atoms with Crippen LogP contribution in [0.1, 0.15) is 23.1 Å². The van der Waals surface area contributed by atoms with Gasteiger partial charge in [0, 0.05) is 24.0 Å². The summed E-state index contributed by atoms with van der Waals surface area (Å²) >= 11 is 0. The van der Waals surface area contributed by atoms with E-state index in [2.05, 4.69) is 15.3 Å². The van der Waals surface area contributed by atoms with Crippen LogP contribution in [0.3, 0.4) is 0 Å². The van der Waals surface area contributed by atoms with E-state index in [1.807, 2.05) is 43.3 Å². The monoisotopic (exact) mass is 343 g/mol. The normalized spacial score (nSPS) is 11.7. The van der Waals surface area contributed by atoms with Gasteiger partial charge in [-0.3, -0.25) is 9.78 Å². The molecule has 1 aromatic carbocycles. The number of carbonyl (C=O) groups is 1. The maximum Gasteiger partial charge on any atom is 0.275 e. The van der Waals surface area contributed by atoms with Crippen LogP contribution >= 0.6 is 0 Å². The molecule has 128 valence electrons. The van der Waals surface area contributed by atoms with E-state index in [1.165, 1.54) is 24.8 Å². The van der Waals surface area contributed by atoms with Gasteiger partial charge in [-0.25, -0.2) is 9.97 Å². The molecule has 0 bridgehead atoms. The third-order valence-corrected chi connectivity index (χ3v) is 3.74. The summed E-state index contributed by atoms with van der Waals surface area (Å²) in [6, 6.07) is 9.47. The van der Waals surface area contributed by atoms with Crippen molar-refractivity contribution in [2.24, 2.45) is 0 Å². The van der Waals surface area contributed by atoms with Gasteiger partial charge in [-0.2, -0.15) is 0 Å². The smallest absolute Gasteiger partial charge is 0.275 e. The SMILES string of the molecule is C/C=C(\C=C/C=N)c1ccc2cccc(NC(=O)c3cnccn3)c2n1. The summed E-state index contributed by atoms with van der Waals surface area (Å²) in [6.45, 7) is 1.91. The summed E-state index contributed by atoms with van der Waals surface area (Å²) in [5.74, 6) is -0.340. The molecule has 0 atom stereocenters. The first-order chi connectivity index (χ1) is 12.7. The maximum atomic E-state index is 12.4. The second-order valence-electron chi connectivity index (χ2n) is 5.39. The van der Waals surface area contributed by atoms with Gasteiger partial charge in [0.25, 0.3) is 5.91 Å². The number of carbonyl (C=O) groups excluding carboxylic acids is 1. The van der Waals surface area contributed by atoms with E-state index in [9.17, 15) is 4.79 Å². The molecule has 0 aliphatic heterocycles. The number of hydrogen-bond donors (Lipinski definition) is 2. The molecule has 0 saturated heterocycles. The predicted molar refractivity (Wildman–Crippen MR) is 103 cm³/mol. The van der Waals surface area contributed by atoms with Gasteiger partial charge < -0.3 is 10.7 Å². The van der Waals surface area contributed by atoms with E-state index in [-0.39, 0.29) is 11.6 Å². The van der Waals surface area contributed by atoms with E-state index in [4.69, 9.17) is 10.4 Å². The Balaban J connectivity index is 2.00. The van der Waals surface area contributed by atoms with Gasteiger partial charge in [-0.15, -0.1) is 0 Å². The molecule has 0 saturated carbocycles. The van der Waals surface area contributed by atoms with Crippen molar-refractivity contribution in [1.82, 2.24) is 15.0 Å². The first kappa shape index (κ1) is 17.2. The Morgan fingerprint density at radius 2 is 2.04 bits per heavy atom. The third-order valence-electron chi connectivity index (χ3n) is 3.74. The summed E-state index contributed by atoms with van der Waals surface area (Å²) in [5, 5.41) is 10.9. The van der Waals surface area contributed by atoms with Crippen molar-refractivity contribution in [3.8, 4) is 0 Å². The Kier molecular flexibility index (Phi) is 5.24. The number of nitrogens with zero attached hydrogens (tertiary/aromatic N) is 3. The van der Waals surface area contributed by atoms with Crippen LogP contribution in [-0.4, -0.2) is 27.1 Å². The van der Waals surface area contributed by atoms with Crippen molar-refractivity contribution < 1.29 is 4.79 Å². The highest BCUT2D eigenvalue weighted by atomic mass is 16.1. The van der Waals surface area contributed by atoms with Crippen molar-refractivity contribution in [1.29, 1.82) is 5.41 Å². The van der Waals surface area contributed by atoms with Gasteiger partial charge in [-0.1, -0.05) is 30.4 Å². The van der Waals surface area contributed by atoms with Gasteiger partial charge in [0.1, 0.15) is 5.69 Å². The molecule has 1 amide bonds. The number of amides is 1. The lowest BCUT2D eigenvalue weighted by molar-refractivity contribution is 0.102. The highest BCUT2D eigenvalue weighted by Gasteiger charge is 2.11. The zero-order valence-electron chi connectivity index (χ0n) is 14.2. The maximum absolute atomic E-state index is 12.4. The van der Waals surface area contributed by atoms with Crippen molar-refractivity contribution in [2.45, 2.75) is 6.92 Å². The molecule has 0 spiro atoms. The summed E-state index contributed by atoms with van der Waals surface area (Å²) in [7, 11) is 0. The number of aromatic nitrogens is 3. The van der Waals surface area contributed by atoms with Gasteiger partial charge in [0.05, 0.1) is 23.1 Å². The molecule has 2 N–H and O–H groups in total. The Labute approximate surface area is 150 Å². The Bertz CT molecular complexity index is 1010. The second-order valence-corrected chi connectivity index (χ2v) is 5.39. The lowest BCUT2D eigenvalue weighted by Gasteiger charge is -2.09. The Morgan fingerprint density at radius 1 is 1.15 bits per heavy atom. The summed E-state index contributed by atoms with van der Waals surface area (Å²) < 4.78 is 0. The average molecular weight is 343 g/mol. The molecule has 0 fully saturated rings. The molecule has 0 aliphatic carbocycles. The minimum Gasteiger partial charge on any atom is -0.319 e. The number of para-hydroxylation sites is 1. The topological polar surface area (TPSA) is 91.6 Å². The molecule has 6 heteroatoms. The second kappa shape index (κ2) is 7.94. The van der Waals surface area contributed by atoms with E-state index >= 15 is 0 Å². The average Bonchev–Trinajstić information content (AvgIpc) is 2.69. The number of allylic oxidation sites excluding steroid dienone is 4. The van der Waals surface area contributed by atoms with E-state index < -0.39 is 0 Å². The number of rotatable bonds is 5. The number of hydrogen-bond acceptors (Lipinski definition) is 5. The highest BCUT2D eigenvalue weighted by Crippen LogP contribution is 2.25. The first-order valence-corrected chi connectivity index (χ1v) is 8.04. The predicted octanol–water partition coefficient (Wildman–Crippen LogP) is 3.89. The van der Waals surface area contributed by atoms with E-state index in [0.717, 1.165) is 16.7 Å². The minimum atomic E-state index is -0.340. The molecule has 0 unspecified atom stereocenters. The Morgan fingerprint density at radius 3 is 2.77 bits per heavy atom. The molecule has 3 aromatic rings. The molecular formula is C20H17N5O. The molecule has 2 aromatic heterocycles. The molecule has 6 nitrogen and oxygen atoms in total. The molecule has 2 heterocycles. The number of pyridine rings is 1. The standard InChI is InChI=1S/C20H17N5O/c1-2-14(6-4-10-21)16-9-8-15-5-3-7-17(19(15)24-16)25-20(26)18-13-22-11-12-23-18/h2-13,21H,1H3,(H,25,26)/b6-4-,14-2+,21-10?. The van der Waals surface area contributed by atoms with Crippen LogP contribution < -0.4 is 5.32 Å². The number of anilines is 1. The largest absolute Gasteiger partial charge is 0.319 e. The molecule has 26 heavy (non-hydrogen) atoms. The third kappa shape index (κ3) is 3.70. The Hall–Kier alpha value is -3.67. The minimum absolute atomic E-state index is 0.240.